The molecular weight excluding hydrogens is 388 g/mol. The third-order valence-electron chi connectivity index (χ3n) is 10.3. The summed E-state index contributed by atoms with van der Waals surface area (Å²) in [5.41, 5.74) is 1.97. The smallest absolute Gasteiger partial charge is 0.174 e. The first-order chi connectivity index (χ1) is 15.1. The number of fused-ring (bicyclic) bond motifs is 6. The second-order valence-corrected chi connectivity index (χ2v) is 11.4. The third kappa shape index (κ3) is 3.01. The summed E-state index contributed by atoms with van der Waals surface area (Å²) in [6.07, 6.45) is 17.4. The molecule has 6 rings (SSSR count). The van der Waals surface area contributed by atoms with Crippen LogP contribution in [0.15, 0.2) is 24.3 Å². The molecule has 2 unspecified atom stereocenters. The number of hydrogen-bond donors (Lipinski definition) is 0. The zero-order valence-electron chi connectivity index (χ0n) is 19.3. The Balaban J connectivity index is 1.23. The van der Waals surface area contributed by atoms with Gasteiger partial charge < -0.3 is 18.9 Å². The van der Waals surface area contributed by atoms with Gasteiger partial charge in [0.15, 0.2) is 5.79 Å². The Morgan fingerprint density at radius 1 is 1.00 bits per heavy atom. The molecule has 0 aromatic carbocycles. The highest BCUT2D eigenvalue weighted by molar-refractivity contribution is 5.31. The fraction of sp³-hybridized carbons (Fsp3) is 0.852. The monoisotopic (exact) mass is 428 g/mol. The Labute approximate surface area is 187 Å². The van der Waals surface area contributed by atoms with Gasteiger partial charge in [-0.3, -0.25) is 0 Å². The summed E-state index contributed by atoms with van der Waals surface area (Å²) in [7, 11) is 0. The average Bonchev–Trinajstić information content (AvgIpc) is 3.40. The molecular formula is C27H40O4. The Bertz CT molecular complexity index is 734. The molecule has 2 aliphatic heterocycles. The van der Waals surface area contributed by atoms with Crippen molar-refractivity contribution < 1.29 is 18.9 Å². The molecule has 4 nitrogen and oxygen atoms in total. The van der Waals surface area contributed by atoms with Crippen molar-refractivity contribution >= 4 is 0 Å². The molecule has 7 atom stereocenters. The molecule has 172 valence electrons. The molecule has 0 amide bonds. The summed E-state index contributed by atoms with van der Waals surface area (Å²) >= 11 is 0. The first-order valence-electron chi connectivity index (χ1n) is 12.9. The molecule has 2 heterocycles. The lowest BCUT2D eigenvalue weighted by Gasteiger charge is -2.59. The van der Waals surface area contributed by atoms with Crippen LogP contribution in [0.5, 0.6) is 0 Å². The van der Waals surface area contributed by atoms with E-state index >= 15 is 0 Å². The van der Waals surface area contributed by atoms with Crippen LogP contribution in [-0.4, -0.2) is 44.4 Å². The van der Waals surface area contributed by atoms with E-state index in [0.29, 0.717) is 18.1 Å². The zero-order chi connectivity index (χ0) is 21.1. The van der Waals surface area contributed by atoms with Gasteiger partial charge in [0.05, 0.1) is 32.0 Å². The van der Waals surface area contributed by atoms with Crippen LogP contribution in [0.3, 0.4) is 0 Å². The maximum Gasteiger partial charge on any atom is 0.174 e. The topological polar surface area (TPSA) is 36.9 Å². The molecule has 4 aliphatic carbocycles. The summed E-state index contributed by atoms with van der Waals surface area (Å²) in [4.78, 5) is 0. The largest absolute Gasteiger partial charge is 0.379 e. The van der Waals surface area contributed by atoms with Crippen molar-refractivity contribution in [1.29, 1.82) is 0 Å². The van der Waals surface area contributed by atoms with E-state index in [9.17, 15) is 0 Å². The van der Waals surface area contributed by atoms with Crippen LogP contribution in [0.2, 0.25) is 0 Å². The second-order valence-electron chi connectivity index (χ2n) is 11.4. The minimum atomic E-state index is -0.304. The molecule has 3 saturated carbocycles. The predicted molar refractivity (Wildman–Crippen MR) is 120 cm³/mol. The molecule has 0 aromatic rings. The van der Waals surface area contributed by atoms with Gasteiger partial charge in [-0.25, -0.2) is 0 Å². The Morgan fingerprint density at radius 3 is 2.61 bits per heavy atom. The van der Waals surface area contributed by atoms with Crippen LogP contribution < -0.4 is 0 Å². The highest BCUT2D eigenvalue weighted by Gasteiger charge is 2.66. The van der Waals surface area contributed by atoms with Crippen LogP contribution in [0, 0.1) is 28.6 Å². The minimum Gasteiger partial charge on any atom is -0.379 e. The summed E-state index contributed by atoms with van der Waals surface area (Å²) in [5, 5.41) is 0. The molecule has 0 N–H and O–H groups in total. The fourth-order valence-electron chi connectivity index (χ4n) is 8.81. The van der Waals surface area contributed by atoms with Crippen molar-refractivity contribution in [3.8, 4) is 0 Å². The van der Waals surface area contributed by atoms with E-state index in [-0.39, 0.29) is 16.6 Å². The second kappa shape index (κ2) is 7.68. The van der Waals surface area contributed by atoms with Gasteiger partial charge in [0.2, 0.25) is 0 Å². The van der Waals surface area contributed by atoms with E-state index in [1.165, 1.54) is 32.1 Å². The molecule has 6 aliphatic rings. The van der Waals surface area contributed by atoms with Crippen LogP contribution in [0.1, 0.15) is 71.1 Å². The van der Waals surface area contributed by atoms with Gasteiger partial charge in [-0.15, -0.1) is 6.58 Å². The van der Waals surface area contributed by atoms with Crippen LogP contribution in [0.25, 0.3) is 0 Å². The zero-order valence-corrected chi connectivity index (χ0v) is 19.3. The number of rotatable bonds is 3. The molecule has 0 aromatic heterocycles. The third-order valence-corrected chi connectivity index (χ3v) is 10.3. The van der Waals surface area contributed by atoms with Crippen molar-refractivity contribution in [2.24, 2.45) is 28.6 Å². The highest BCUT2D eigenvalue weighted by Crippen LogP contribution is 2.68. The molecule has 2 saturated heterocycles. The van der Waals surface area contributed by atoms with E-state index in [0.717, 1.165) is 70.4 Å². The van der Waals surface area contributed by atoms with E-state index < -0.39 is 0 Å². The fourth-order valence-corrected chi connectivity index (χ4v) is 8.81. The Kier molecular flexibility index (Phi) is 5.18. The van der Waals surface area contributed by atoms with Crippen molar-refractivity contribution in [3.05, 3.63) is 24.3 Å². The summed E-state index contributed by atoms with van der Waals surface area (Å²) in [5.74, 6) is 1.85. The molecule has 0 radical (unpaired) electrons. The van der Waals surface area contributed by atoms with E-state index in [1.54, 1.807) is 5.57 Å². The highest BCUT2D eigenvalue weighted by atomic mass is 16.7. The normalized spacial score (nSPS) is 48.5. The first-order valence-corrected chi connectivity index (χ1v) is 12.9. The number of ether oxygens (including phenoxy) is 4. The molecule has 1 spiro atoms. The maximum atomic E-state index is 6.52. The van der Waals surface area contributed by atoms with Gasteiger partial charge in [0, 0.05) is 23.9 Å². The standard InChI is InChI=1S/C27H40O4/c1-3-26-12-8-20(31-21-5-4-14-28-18-21)17-19(26)6-7-22-23-10-13-27(29-15-16-30-27)25(23,2)11-9-24(22)26/h3,6,20-24H,1,4-5,7-18H2,2H3/t20-,21?,22-,23-,24-,25-,26?/m0/s1. The van der Waals surface area contributed by atoms with Crippen molar-refractivity contribution in [2.45, 2.75) is 89.1 Å². The minimum absolute atomic E-state index is 0.166. The Morgan fingerprint density at radius 2 is 1.84 bits per heavy atom. The van der Waals surface area contributed by atoms with E-state index in [1.807, 2.05) is 0 Å². The quantitative estimate of drug-likeness (QED) is 0.562. The van der Waals surface area contributed by atoms with Gasteiger partial charge in [-0.05, 0) is 75.5 Å². The predicted octanol–water partition coefficient (Wildman–Crippen LogP) is 5.42. The van der Waals surface area contributed by atoms with Gasteiger partial charge in [-0.2, -0.15) is 0 Å². The van der Waals surface area contributed by atoms with E-state index in [4.69, 9.17) is 18.9 Å². The summed E-state index contributed by atoms with van der Waals surface area (Å²) in [6, 6.07) is 0. The molecule has 5 fully saturated rings. The van der Waals surface area contributed by atoms with Gasteiger partial charge >= 0.3 is 0 Å². The lowest BCUT2D eigenvalue weighted by molar-refractivity contribution is -0.241. The van der Waals surface area contributed by atoms with Crippen LogP contribution in [0.4, 0.5) is 0 Å². The van der Waals surface area contributed by atoms with Gasteiger partial charge in [0.1, 0.15) is 0 Å². The first kappa shape index (κ1) is 20.9. The lowest BCUT2D eigenvalue weighted by atomic mass is 9.47. The molecule has 4 heteroatoms. The summed E-state index contributed by atoms with van der Waals surface area (Å²) < 4.78 is 24.8. The Hall–Kier alpha value is -0.680. The van der Waals surface area contributed by atoms with Crippen molar-refractivity contribution in [3.63, 3.8) is 0 Å². The molecule has 0 bridgehead atoms. The number of hydrogen-bond acceptors (Lipinski definition) is 4. The summed E-state index contributed by atoms with van der Waals surface area (Å²) in [6.45, 7) is 10.1. The lowest BCUT2D eigenvalue weighted by Crippen LogP contribution is -2.55. The van der Waals surface area contributed by atoms with Crippen molar-refractivity contribution in [2.75, 3.05) is 26.4 Å². The van der Waals surface area contributed by atoms with E-state index in [2.05, 4.69) is 25.7 Å². The van der Waals surface area contributed by atoms with Crippen molar-refractivity contribution in [1.82, 2.24) is 0 Å². The molecule has 31 heavy (non-hydrogen) atoms. The van der Waals surface area contributed by atoms with Gasteiger partial charge in [0.25, 0.3) is 0 Å². The van der Waals surface area contributed by atoms with Crippen LogP contribution in [-0.2, 0) is 18.9 Å². The van der Waals surface area contributed by atoms with Crippen LogP contribution >= 0.6 is 0 Å². The SMILES string of the molecule is C=CC12CC[C@H](OC3CCCOC3)CC1=CC[C@@H]1[C@@H]2CC[C@@]2(C)[C@H]1CCC21OCCO1. The van der Waals surface area contributed by atoms with Gasteiger partial charge in [-0.1, -0.05) is 24.6 Å². The maximum absolute atomic E-state index is 6.52. The number of allylic oxidation sites excluding steroid dienone is 2. The average molecular weight is 429 g/mol.